The highest BCUT2D eigenvalue weighted by atomic mass is 31.1. The van der Waals surface area contributed by atoms with Crippen LogP contribution < -0.4 is 21.9 Å². The molecule has 0 radical (unpaired) electrons. The number of fused-ring (bicyclic) bond motifs is 1. The monoisotopic (exact) mass is 182 g/mol. The zero-order chi connectivity index (χ0) is 8.55. The van der Waals surface area contributed by atoms with Crippen LogP contribution in [0.5, 0.6) is 0 Å². The molecule has 4 N–H and O–H groups in total. The highest BCUT2D eigenvalue weighted by molar-refractivity contribution is 7.47. The molecule has 1 aliphatic rings. The first-order chi connectivity index (χ1) is 5.77. The van der Waals surface area contributed by atoms with Crippen LogP contribution in [0.1, 0.15) is 0 Å². The van der Waals surface area contributed by atoms with E-state index in [-0.39, 0.29) is 11.5 Å². The summed E-state index contributed by atoms with van der Waals surface area (Å²) >= 11 is 0. The number of rotatable bonds is 0. The lowest BCUT2D eigenvalue weighted by atomic mass is 10.5. The van der Waals surface area contributed by atoms with Crippen LogP contribution in [-0.2, 0) is 0 Å². The third-order valence-electron chi connectivity index (χ3n) is 1.49. The number of hydrogen-bond acceptors (Lipinski definition) is 4. The lowest BCUT2D eigenvalue weighted by Crippen LogP contribution is -2.30. The molecule has 0 amide bonds. The van der Waals surface area contributed by atoms with E-state index in [9.17, 15) is 4.79 Å². The second-order valence-electron chi connectivity index (χ2n) is 2.34. The Hall–Kier alpha value is -1.35. The number of hydrogen-bond donors (Lipinski definition) is 3. The van der Waals surface area contributed by atoms with Crippen molar-refractivity contribution in [1.29, 1.82) is 0 Å². The molecule has 0 aromatic carbocycles. The Morgan fingerprint density at radius 1 is 1.67 bits per heavy atom. The van der Waals surface area contributed by atoms with E-state index in [4.69, 9.17) is 5.73 Å². The second kappa shape index (κ2) is 2.60. The highest BCUT2D eigenvalue weighted by Crippen LogP contribution is 2.07. The Kier molecular flexibility index (Phi) is 1.59. The molecule has 1 aromatic rings. The SMILES string of the molecule is Nc1nc2c(c(=O)[nH]1)P=CCN2. The molecule has 62 valence electrons. The van der Waals surface area contributed by atoms with Crippen LogP contribution >= 0.6 is 8.20 Å². The third-order valence-corrected chi connectivity index (χ3v) is 2.53. The first-order valence-electron chi connectivity index (χ1n) is 3.43. The van der Waals surface area contributed by atoms with Gasteiger partial charge in [-0.15, -0.1) is 0 Å². The van der Waals surface area contributed by atoms with E-state index in [1.165, 1.54) is 0 Å². The maximum atomic E-state index is 11.2. The molecule has 12 heavy (non-hydrogen) atoms. The van der Waals surface area contributed by atoms with Crippen LogP contribution in [0, 0.1) is 0 Å². The molecule has 0 unspecified atom stereocenters. The van der Waals surface area contributed by atoms with Gasteiger partial charge < -0.3 is 11.1 Å². The standard InChI is InChI=1S/C6H7N4OP/c7-6-9-4-3(5(11)10-6)12-2-1-8-4/h2H,1H2,(H4,7,8,9,10,11). The van der Waals surface area contributed by atoms with Crippen LogP contribution in [0.15, 0.2) is 4.79 Å². The predicted octanol–water partition coefficient (Wildman–Crippen LogP) is -0.849. The van der Waals surface area contributed by atoms with Gasteiger partial charge in [0, 0.05) is 6.54 Å². The summed E-state index contributed by atoms with van der Waals surface area (Å²) in [5.41, 5.74) is 5.20. The topological polar surface area (TPSA) is 83.8 Å². The van der Waals surface area contributed by atoms with E-state index in [2.05, 4.69) is 15.3 Å². The maximum Gasteiger partial charge on any atom is 0.266 e. The second-order valence-corrected chi connectivity index (χ2v) is 3.41. The maximum absolute atomic E-state index is 11.2. The number of nitrogen functional groups attached to an aromatic ring is 1. The van der Waals surface area contributed by atoms with E-state index in [1.807, 2.05) is 5.80 Å². The minimum Gasteiger partial charge on any atom is -0.369 e. The Morgan fingerprint density at radius 3 is 3.33 bits per heavy atom. The number of nitrogens with zero attached hydrogens (tertiary/aromatic N) is 1. The quantitative estimate of drug-likeness (QED) is 0.456. The van der Waals surface area contributed by atoms with Crippen molar-refractivity contribution in [3.05, 3.63) is 10.4 Å². The molecule has 2 heterocycles. The van der Waals surface area contributed by atoms with Gasteiger partial charge in [-0.3, -0.25) is 9.78 Å². The van der Waals surface area contributed by atoms with Crippen LogP contribution in [0.4, 0.5) is 11.8 Å². The average molecular weight is 182 g/mol. The Labute approximate surface area is 69.8 Å². The summed E-state index contributed by atoms with van der Waals surface area (Å²) in [6.45, 7) is 0.727. The number of nitrogens with two attached hydrogens (primary N) is 1. The van der Waals surface area contributed by atoms with Crippen LogP contribution in [-0.4, -0.2) is 22.3 Å². The van der Waals surface area contributed by atoms with E-state index < -0.39 is 0 Å². The van der Waals surface area contributed by atoms with Crippen molar-refractivity contribution in [3.63, 3.8) is 0 Å². The summed E-state index contributed by atoms with van der Waals surface area (Å²) in [4.78, 5) is 17.6. The summed E-state index contributed by atoms with van der Waals surface area (Å²) in [5.74, 6) is 2.71. The van der Waals surface area contributed by atoms with Gasteiger partial charge in [0.05, 0.1) is 0 Å². The van der Waals surface area contributed by atoms with Crippen LogP contribution in [0.2, 0.25) is 0 Å². The molecular formula is C6H7N4OP. The number of nitrogens with one attached hydrogen (secondary N) is 2. The van der Waals surface area contributed by atoms with Gasteiger partial charge in [0.15, 0.2) is 0 Å². The number of anilines is 2. The van der Waals surface area contributed by atoms with Gasteiger partial charge >= 0.3 is 0 Å². The fraction of sp³-hybridized carbons (Fsp3) is 0.167. The van der Waals surface area contributed by atoms with Gasteiger partial charge in [0.25, 0.3) is 5.56 Å². The summed E-state index contributed by atoms with van der Waals surface area (Å²) in [6, 6.07) is 0. The fourth-order valence-electron chi connectivity index (χ4n) is 1.01. The minimum absolute atomic E-state index is 0.156. The van der Waals surface area contributed by atoms with Gasteiger partial charge in [0.2, 0.25) is 5.95 Å². The van der Waals surface area contributed by atoms with Crippen LogP contribution in [0.25, 0.3) is 0 Å². The van der Waals surface area contributed by atoms with Crippen molar-refractivity contribution < 1.29 is 0 Å². The Bertz CT molecular complexity index is 397. The molecule has 0 spiro atoms. The van der Waals surface area contributed by atoms with Gasteiger partial charge in [-0.2, -0.15) is 4.98 Å². The molecule has 0 saturated heterocycles. The molecule has 6 heteroatoms. The molecule has 1 aliphatic heterocycles. The van der Waals surface area contributed by atoms with E-state index in [0.717, 1.165) is 14.7 Å². The number of aromatic amines is 1. The lowest BCUT2D eigenvalue weighted by Gasteiger charge is -2.09. The largest absolute Gasteiger partial charge is 0.369 e. The average Bonchev–Trinajstić information content (AvgIpc) is 2.04. The molecule has 0 saturated carbocycles. The predicted molar refractivity (Wildman–Crippen MR) is 50.4 cm³/mol. The lowest BCUT2D eigenvalue weighted by molar-refractivity contribution is 1.14. The number of aromatic nitrogens is 2. The first kappa shape index (κ1) is 7.31. The molecule has 0 bridgehead atoms. The van der Waals surface area contributed by atoms with E-state index >= 15 is 0 Å². The molecular weight excluding hydrogens is 175 g/mol. The van der Waals surface area contributed by atoms with Gasteiger partial charge in [-0.1, -0.05) is 8.20 Å². The number of H-pyrrole nitrogens is 1. The van der Waals surface area contributed by atoms with Crippen molar-refractivity contribution >= 4 is 31.1 Å². The van der Waals surface area contributed by atoms with Crippen molar-refractivity contribution in [2.24, 2.45) is 0 Å². The minimum atomic E-state index is -0.164. The summed E-state index contributed by atoms with van der Waals surface area (Å²) < 4.78 is 0. The zero-order valence-corrected chi connectivity index (χ0v) is 7.06. The first-order valence-corrected chi connectivity index (χ1v) is 4.40. The van der Waals surface area contributed by atoms with Crippen molar-refractivity contribution in [2.75, 3.05) is 17.6 Å². The normalized spacial score (nSPS) is 15.0. The van der Waals surface area contributed by atoms with Crippen molar-refractivity contribution in [1.82, 2.24) is 9.97 Å². The van der Waals surface area contributed by atoms with Crippen molar-refractivity contribution in [2.45, 2.75) is 0 Å². The summed E-state index contributed by atoms with van der Waals surface area (Å²) in [5, 5.41) is 3.61. The van der Waals surface area contributed by atoms with Gasteiger partial charge in [-0.05, 0) is 5.80 Å². The third kappa shape index (κ3) is 1.08. The molecule has 0 atom stereocenters. The summed E-state index contributed by atoms with van der Waals surface area (Å²) in [7, 11) is 0.897. The Balaban J connectivity index is 2.71. The smallest absolute Gasteiger partial charge is 0.266 e. The summed E-state index contributed by atoms with van der Waals surface area (Å²) in [6.07, 6.45) is 0. The van der Waals surface area contributed by atoms with Crippen LogP contribution in [0.3, 0.4) is 0 Å². The zero-order valence-electron chi connectivity index (χ0n) is 6.16. The van der Waals surface area contributed by atoms with Gasteiger partial charge in [0.1, 0.15) is 11.1 Å². The molecule has 0 aliphatic carbocycles. The van der Waals surface area contributed by atoms with Gasteiger partial charge in [-0.25, -0.2) is 0 Å². The highest BCUT2D eigenvalue weighted by Gasteiger charge is 2.09. The molecule has 0 fully saturated rings. The van der Waals surface area contributed by atoms with Crippen molar-refractivity contribution in [3.8, 4) is 0 Å². The van der Waals surface area contributed by atoms with E-state index in [0.29, 0.717) is 11.1 Å². The molecule has 5 nitrogen and oxygen atoms in total. The fourth-order valence-corrected chi connectivity index (χ4v) is 1.80. The molecule has 2 rings (SSSR count). The molecule has 1 aromatic heterocycles. The Morgan fingerprint density at radius 2 is 2.50 bits per heavy atom. The van der Waals surface area contributed by atoms with E-state index in [1.54, 1.807) is 0 Å².